The number of benzene rings is 1. The molecule has 0 fully saturated rings. The van der Waals surface area contributed by atoms with E-state index in [1.165, 1.54) is 0 Å². The first-order valence-electron chi connectivity index (χ1n) is 5.39. The van der Waals surface area contributed by atoms with Crippen molar-refractivity contribution in [3.05, 3.63) is 49.1 Å². The molecule has 0 atom stereocenters. The maximum absolute atomic E-state index is 4.63. The van der Waals surface area contributed by atoms with E-state index in [0.717, 1.165) is 27.6 Å². The molecule has 4 rings (SSSR count). The fraction of sp³-hybridized carbons (Fsp3) is 0. The number of rotatable bonds is 0. The van der Waals surface area contributed by atoms with Gasteiger partial charge in [0.15, 0.2) is 0 Å². The van der Waals surface area contributed by atoms with Crippen molar-refractivity contribution in [2.45, 2.75) is 0 Å². The van der Waals surface area contributed by atoms with Gasteiger partial charge in [0, 0.05) is 12.4 Å². The van der Waals surface area contributed by atoms with Crippen LogP contribution in [0, 0.1) is 0 Å². The summed E-state index contributed by atoms with van der Waals surface area (Å²) >= 11 is 0. The molecule has 4 nitrogen and oxygen atoms in total. The average molecular weight is 220 g/mol. The Labute approximate surface area is 96.6 Å². The molecule has 0 aliphatic carbocycles. The van der Waals surface area contributed by atoms with Crippen LogP contribution < -0.4 is 0 Å². The highest BCUT2D eigenvalue weighted by molar-refractivity contribution is 5.95. The Morgan fingerprint density at radius 3 is 2.94 bits per heavy atom. The summed E-state index contributed by atoms with van der Waals surface area (Å²) in [7, 11) is 0. The van der Waals surface area contributed by atoms with Crippen LogP contribution in [0.5, 0.6) is 0 Å². The van der Waals surface area contributed by atoms with Crippen molar-refractivity contribution in [3.63, 3.8) is 0 Å². The van der Waals surface area contributed by atoms with Gasteiger partial charge in [-0.15, -0.1) is 0 Å². The zero-order valence-electron chi connectivity index (χ0n) is 8.91. The van der Waals surface area contributed by atoms with Crippen molar-refractivity contribution in [3.8, 4) is 0 Å². The van der Waals surface area contributed by atoms with Gasteiger partial charge in [0.25, 0.3) is 0 Å². The first-order chi connectivity index (χ1) is 8.43. The molecule has 0 aliphatic rings. The van der Waals surface area contributed by atoms with Gasteiger partial charge in [-0.25, -0.2) is 9.97 Å². The maximum Gasteiger partial charge on any atom is 0.150 e. The molecule has 0 saturated heterocycles. The lowest BCUT2D eigenvalue weighted by atomic mass is 10.3. The van der Waals surface area contributed by atoms with Crippen LogP contribution in [-0.4, -0.2) is 19.4 Å². The van der Waals surface area contributed by atoms with Crippen LogP contribution in [0.3, 0.4) is 0 Å². The van der Waals surface area contributed by atoms with Crippen LogP contribution in [0.1, 0.15) is 0 Å². The van der Waals surface area contributed by atoms with E-state index >= 15 is 0 Å². The Kier molecular flexibility index (Phi) is 1.53. The fourth-order valence-corrected chi connectivity index (χ4v) is 2.14. The summed E-state index contributed by atoms with van der Waals surface area (Å²) in [4.78, 5) is 13.2. The minimum absolute atomic E-state index is 0.907. The van der Waals surface area contributed by atoms with Gasteiger partial charge in [0.2, 0.25) is 0 Å². The highest BCUT2D eigenvalue weighted by Crippen LogP contribution is 2.21. The van der Waals surface area contributed by atoms with Gasteiger partial charge >= 0.3 is 0 Å². The van der Waals surface area contributed by atoms with Gasteiger partial charge in [-0.1, -0.05) is 12.1 Å². The van der Waals surface area contributed by atoms with Gasteiger partial charge in [-0.3, -0.25) is 9.38 Å². The van der Waals surface area contributed by atoms with Gasteiger partial charge in [0.1, 0.15) is 12.0 Å². The number of fused-ring (bicyclic) bond motifs is 5. The first-order valence-corrected chi connectivity index (χ1v) is 5.39. The summed E-state index contributed by atoms with van der Waals surface area (Å²) in [5, 5.41) is 0.978. The molecule has 4 heteroatoms. The van der Waals surface area contributed by atoms with Crippen LogP contribution in [-0.2, 0) is 0 Å². The lowest BCUT2D eigenvalue weighted by Crippen LogP contribution is -1.89. The fourth-order valence-electron chi connectivity index (χ4n) is 2.14. The lowest BCUT2D eigenvalue weighted by molar-refractivity contribution is 1.14. The van der Waals surface area contributed by atoms with Crippen LogP contribution in [0.15, 0.2) is 49.1 Å². The summed E-state index contributed by atoms with van der Waals surface area (Å²) in [6, 6.07) is 9.94. The molecule has 0 saturated carbocycles. The number of aromatic nitrogens is 4. The van der Waals surface area contributed by atoms with Crippen molar-refractivity contribution < 1.29 is 0 Å². The molecular formula is C13H8N4. The molecular weight excluding hydrogens is 212 g/mol. The van der Waals surface area contributed by atoms with E-state index in [2.05, 4.69) is 15.0 Å². The van der Waals surface area contributed by atoms with Crippen molar-refractivity contribution in [1.29, 1.82) is 0 Å². The number of para-hydroxylation sites is 2. The molecule has 0 bridgehead atoms. The Morgan fingerprint density at radius 2 is 1.94 bits per heavy atom. The van der Waals surface area contributed by atoms with Gasteiger partial charge in [-0.2, -0.15) is 0 Å². The Balaban J connectivity index is 2.34. The van der Waals surface area contributed by atoms with Crippen LogP contribution >= 0.6 is 0 Å². The molecule has 3 aromatic heterocycles. The predicted octanol–water partition coefficient (Wildman–Crippen LogP) is 2.43. The van der Waals surface area contributed by atoms with Crippen molar-refractivity contribution in [1.82, 2.24) is 19.4 Å². The first kappa shape index (κ1) is 8.64. The lowest BCUT2D eigenvalue weighted by Gasteiger charge is -1.98. The summed E-state index contributed by atoms with van der Waals surface area (Å²) in [6.45, 7) is 0. The molecule has 0 spiro atoms. The third kappa shape index (κ3) is 1.09. The summed E-state index contributed by atoms with van der Waals surface area (Å²) in [6.07, 6.45) is 5.37. The second-order valence-electron chi connectivity index (χ2n) is 3.93. The second-order valence-corrected chi connectivity index (χ2v) is 3.93. The number of hydrogen-bond donors (Lipinski definition) is 0. The quantitative estimate of drug-likeness (QED) is 0.457. The maximum atomic E-state index is 4.63. The molecule has 80 valence electrons. The molecule has 4 aromatic rings. The van der Waals surface area contributed by atoms with Crippen molar-refractivity contribution in [2.75, 3.05) is 0 Å². The van der Waals surface area contributed by atoms with E-state index < -0.39 is 0 Å². The zero-order valence-corrected chi connectivity index (χ0v) is 8.91. The second kappa shape index (κ2) is 3.01. The van der Waals surface area contributed by atoms with E-state index in [-0.39, 0.29) is 0 Å². The monoisotopic (exact) mass is 220 g/mol. The zero-order chi connectivity index (χ0) is 11.2. The van der Waals surface area contributed by atoms with Crippen LogP contribution in [0.2, 0.25) is 0 Å². The number of imidazole rings is 1. The number of nitrogens with zero attached hydrogens (tertiary/aromatic N) is 4. The average Bonchev–Trinajstić information content (AvgIpc) is 2.78. The SMILES string of the molecule is c1ccc2c(c1)nc1c3cnccc3ncn21. The molecule has 0 N–H and O–H groups in total. The van der Waals surface area contributed by atoms with Crippen molar-refractivity contribution in [2.24, 2.45) is 0 Å². The Bertz CT molecular complexity index is 848. The van der Waals surface area contributed by atoms with Gasteiger partial charge < -0.3 is 0 Å². The number of hydrogen-bond acceptors (Lipinski definition) is 3. The topological polar surface area (TPSA) is 43.1 Å². The Morgan fingerprint density at radius 1 is 1.00 bits per heavy atom. The molecule has 1 aromatic carbocycles. The summed E-state index contributed by atoms with van der Waals surface area (Å²) < 4.78 is 2.00. The Hall–Kier alpha value is -2.49. The van der Waals surface area contributed by atoms with E-state index in [4.69, 9.17) is 0 Å². The van der Waals surface area contributed by atoms with Crippen LogP contribution in [0.4, 0.5) is 0 Å². The van der Waals surface area contributed by atoms with Gasteiger partial charge in [-0.05, 0) is 18.2 Å². The van der Waals surface area contributed by atoms with Crippen LogP contribution in [0.25, 0.3) is 27.6 Å². The largest absolute Gasteiger partial charge is 0.282 e. The molecule has 0 aliphatic heterocycles. The molecule has 0 radical (unpaired) electrons. The minimum atomic E-state index is 0.907. The summed E-state index contributed by atoms with van der Waals surface area (Å²) in [5.41, 5.74) is 3.87. The normalized spacial score (nSPS) is 11.5. The third-order valence-corrected chi connectivity index (χ3v) is 2.95. The van der Waals surface area contributed by atoms with Gasteiger partial charge in [0.05, 0.1) is 21.9 Å². The summed E-state index contributed by atoms with van der Waals surface area (Å²) in [5.74, 6) is 0. The molecule has 0 amide bonds. The third-order valence-electron chi connectivity index (χ3n) is 2.95. The van der Waals surface area contributed by atoms with Crippen molar-refractivity contribution >= 4 is 27.6 Å². The minimum Gasteiger partial charge on any atom is -0.282 e. The van der Waals surface area contributed by atoms with E-state index in [9.17, 15) is 0 Å². The van der Waals surface area contributed by atoms with E-state index in [1.807, 2.05) is 47.3 Å². The highest BCUT2D eigenvalue weighted by Gasteiger charge is 2.07. The predicted molar refractivity (Wildman–Crippen MR) is 65.8 cm³/mol. The molecule has 17 heavy (non-hydrogen) atoms. The van der Waals surface area contributed by atoms with E-state index in [0.29, 0.717) is 0 Å². The smallest absolute Gasteiger partial charge is 0.150 e. The van der Waals surface area contributed by atoms with E-state index in [1.54, 1.807) is 6.20 Å². The standard InChI is InChI=1S/C13H8N4/c1-2-4-12-11(3-1)16-13-9-7-14-6-5-10(9)15-8-17(12)13/h1-8H. The molecule has 0 unspecified atom stereocenters. The number of pyridine rings is 1. The molecule has 3 heterocycles. The highest BCUT2D eigenvalue weighted by atomic mass is 15.0.